The molecule has 0 radical (unpaired) electrons. The summed E-state index contributed by atoms with van der Waals surface area (Å²) in [5.41, 5.74) is 0. The molecular weight excluding hydrogens is 338 g/mol. The van der Waals surface area contributed by atoms with Crippen LogP contribution in [0.5, 0.6) is 0 Å². The molecule has 0 aliphatic heterocycles. The van der Waals surface area contributed by atoms with Gasteiger partial charge in [0.05, 0.1) is 0 Å². The quantitative estimate of drug-likeness (QED) is 0.796. The summed E-state index contributed by atoms with van der Waals surface area (Å²) in [6, 6.07) is 10.1. The number of ether oxygens (including phenoxy) is 1. The van der Waals surface area contributed by atoms with Gasteiger partial charge in [0.15, 0.2) is 5.82 Å². The van der Waals surface area contributed by atoms with Crippen molar-refractivity contribution < 1.29 is 4.74 Å². The molecule has 0 atom stereocenters. The molecule has 0 aliphatic carbocycles. The Morgan fingerprint density at radius 2 is 2.15 bits per heavy atom. The fourth-order valence-corrected chi connectivity index (χ4v) is 3.09. The van der Waals surface area contributed by atoms with Crippen LogP contribution in [0.25, 0.3) is 0 Å². The highest BCUT2D eigenvalue weighted by molar-refractivity contribution is 9.10. The lowest BCUT2D eigenvalue weighted by molar-refractivity contribution is 0.177. The van der Waals surface area contributed by atoms with Gasteiger partial charge >= 0.3 is 0 Å². The van der Waals surface area contributed by atoms with Crippen molar-refractivity contribution in [3.05, 3.63) is 40.6 Å². The number of anilines is 1. The van der Waals surface area contributed by atoms with Crippen LogP contribution in [0.4, 0.5) is 5.82 Å². The minimum atomic E-state index is 0.408. The molecule has 20 heavy (non-hydrogen) atoms. The summed E-state index contributed by atoms with van der Waals surface area (Å²) in [6.07, 6.45) is 0. The third-order valence-corrected chi connectivity index (χ3v) is 3.80. The van der Waals surface area contributed by atoms with Crippen LogP contribution in [-0.4, -0.2) is 23.6 Å². The fraction of sp³-hybridized carbons (Fsp3) is 0.286. The van der Waals surface area contributed by atoms with Gasteiger partial charge in [0.25, 0.3) is 0 Å². The molecule has 0 bridgehead atoms. The van der Waals surface area contributed by atoms with Crippen molar-refractivity contribution in [2.75, 3.05) is 19.0 Å². The van der Waals surface area contributed by atoms with Crippen molar-refractivity contribution in [1.82, 2.24) is 9.97 Å². The molecule has 1 aromatic carbocycles. The smallest absolute Gasteiger partial charge is 0.157 e. The highest BCUT2D eigenvalue weighted by Gasteiger charge is 2.06. The Morgan fingerprint density at radius 3 is 2.85 bits per heavy atom. The number of hydrogen-bond donors (Lipinski definition) is 1. The van der Waals surface area contributed by atoms with E-state index in [-0.39, 0.29) is 0 Å². The van der Waals surface area contributed by atoms with E-state index in [2.05, 4.69) is 43.3 Å². The molecule has 4 nitrogen and oxygen atoms in total. The van der Waals surface area contributed by atoms with E-state index in [1.165, 1.54) is 0 Å². The highest BCUT2D eigenvalue weighted by atomic mass is 79.9. The fourth-order valence-electron chi connectivity index (χ4n) is 1.64. The number of nitrogens with one attached hydrogen (secondary N) is 1. The van der Waals surface area contributed by atoms with Gasteiger partial charge in [-0.3, -0.25) is 0 Å². The Balaban J connectivity index is 2.25. The van der Waals surface area contributed by atoms with Crippen LogP contribution in [0, 0.1) is 0 Å². The molecule has 106 valence electrons. The van der Waals surface area contributed by atoms with E-state index in [4.69, 9.17) is 4.74 Å². The molecule has 0 amide bonds. The van der Waals surface area contributed by atoms with E-state index in [9.17, 15) is 0 Å². The van der Waals surface area contributed by atoms with Crippen molar-refractivity contribution in [1.29, 1.82) is 0 Å². The summed E-state index contributed by atoms with van der Waals surface area (Å²) in [6.45, 7) is 3.27. The lowest BCUT2D eigenvalue weighted by Crippen LogP contribution is -2.05. The van der Waals surface area contributed by atoms with Crippen LogP contribution in [0.1, 0.15) is 12.7 Å². The maximum atomic E-state index is 5.12. The number of nitrogens with zero attached hydrogens (tertiary/aromatic N) is 2. The molecule has 0 fully saturated rings. The van der Waals surface area contributed by atoms with Crippen molar-refractivity contribution in [3.63, 3.8) is 0 Å². The number of aromatic nitrogens is 2. The molecular formula is C14H16BrN3OS. The van der Waals surface area contributed by atoms with Gasteiger partial charge in [-0.25, -0.2) is 9.97 Å². The van der Waals surface area contributed by atoms with Crippen LogP contribution in [-0.2, 0) is 11.3 Å². The van der Waals surface area contributed by atoms with Gasteiger partial charge in [-0.2, -0.15) is 0 Å². The van der Waals surface area contributed by atoms with Crippen molar-refractivity contribution >= 4 is 33.5 Å². The predicted molar refractivity (Wildman–Crippen MR) is 85.2 cm³/mol. The van der Waals surface area contributed by atoms with Gasteiger partial charge in [0.2, 0.25) is 0 Å². The van der Waals surface area contributed by atoms with Crippen LogP contribution in [0.2, 0.25) is 0 Å². The van der Waals surface area contributed by atoms with Crippen molar-refractivity contribution in [2.24, 2.45) is 0 Å². The molecule has 6 heteroatoms. The molecule has 1 heterocycles. The highest BCUT2D eigenvalue weighted by Crippen LogP contribution is 2.29. The Labute approximate surface area is 131 Å². The summed E-state index contributed by atoms with van der Waals surface area (Å²) >= 11 is 5.08. The van der Waals surface area contributed by atoms with Crippen molar-refractivity contribution in [3.8, 4) is 0 Å². The second-order valence-corrected chi connectivity index (χ2v) is 6.04. The number of rotatable bonds is 6. The standard InChI is InChI=1S/C14H16BrN3OS/c1-3-16-12-8-14(18-13(17-12)9-19-2)20-11-6-4-5-10(15)7-11/h4-8H,3,9H2,1-2H3,(H,16,17,18). The van der Waals surface area contributed by atoms with E-state index in [0.29, 0.717) is 12.4 Å². The maximum Gasteiger partial charge on any atom is 0.157 e. The number of halogens is 1. The van der Waals surface area contributed by atoms with Crippen LogP contribution in [0.15, 0.2) is 44.7 Å². The third-order valence-electron chi connectivity index (χ3n) is 2.40. The van der Waals surface area contributed by atoms with Gasteiger partial charge < -0.3 is 10.1 Å². The van der Waals surface area contributed by atoms with Gasteiger partial charge in [0.1, 0.15) is 17.5 Å². The topological polar surface area (TPSA) is 47.0 Å². The van der Waals surface area contributed by atoms with E-state index < -0.39 is 0 Å². The Hall–Kier alpha value is -1.11. The van der Waals surface area contributed by atoms with Gasteiger partial charge in [0, 0.05) is 29.1 Å². The summed E-state index contributed by atoms with van der Waals surface area (Å²) < 4.78 is 6.17. The minimum absolute atomic E-state index is 0.408. The van der Waals surface area contributed by atoms with E-state index in [1.54, 1.807) is 18.9 Å². The maximum absolute atomic E-state index is 5.12. The summed E-state index contributed by atoms with van der Waals surface area (Å²) in [7, 11) is 1.64. The zero-order valence-electron chi connectivity index (χ0n) is 11.4. The first-order chi connectivity index (χ1) is 9.71. The summed E-state index contributed by atoms with van der Waals surface area (Å²) in [4.78, 5) is 10.0. The Bertz CT molecular complexity index is 556. The second kappa shape index (κ2) is 7.61. The molecule has 1 N–H and O–H groups in total. The van der Waals surface area contributed by atoms with E-state index in [1.807, 2.05) is 25.1 Å². The average molecular weight is 354 g/mol. The predicted octanol–water partition coefficient (Wildman–Crippen LogP) is 3.97. The molecule has 0 unspecified atom stereocenters. The summed E-state index contributed by atoms with van der Waals surface area (Å²) in [5.74, 6) is 1.51. The average Bonchev–Trinajstić information content (AvgIpc) is 2.39. The SMILES string of the molecule is CCNc1cc(Sc2cccc(Br)c2)nc(COC)n1. The number of benzene rings is 1. The number of methoxy groups -OCH3 is 1. The van der Waals surface area contributed by atoms with Gasteiger partial charge in [-0.05, 0) is 25.1 Å². The first-order valence-electron chi connectivity index (χ1n) is 6.25. The Kier molecular flexibility index (Phi) is 5.82. The van der Waals surface area contributed by atoms with Crippen molar-refractivity contribution in [2.45, 2.75) is 23.5 Å². The largest absolute Gasteiger partial charge is 0.377 e. The lowest BCUT2D eigenvalue weighted by atomic mass is 10.4. The lowest BCUT2D eigenvalue weighted by Gasteiger charge is -2.08. The molecule has 0 saturated heterocycles. The molecule has 0 saturated carbocycles. The monoisotopic (exact) mass is 353 g/mol. The zero-order valence-corrected chi connectivity index (χ0v) is 13.8. The molecule has 1 aromatic heterocycles. The second-order valence-electron chi connectivity index (χ2n) is 4.03. The number of hydrogen-bond acceptors (Lipinski definition) is 5. The normalized spacial score (nSPS) is 10.6. The minimum Gasteiger partial charge on any atom is -0.377 e. The molecule has 0 spiro atoms. The molecule has 0 aliphatic rings. The molecule has 2 aromatic rings. The van der Waals surface area contributed by atoms with Gasteiger partial charge in [-0.1, -0.05) is 33.8 Å². The first kappa shape index (κ1) is 15.3. The Morgan fingerprint density at radius 1 is 1.30 bits per heavy atom. The van der Waals surface area contributed by atoms with Gasteiger partial charge in [-0.15, -0.1) is 0 Å². The zero-order chi connectivity index (χ0) is 14.4. The van der Waals surface area contributed by atoms with E-state index >= 15 is 0 Å². The van der Waals surface area contributed by atoms with Crippen LogP contribution in [0.3, 0.4) is 0 Å². The third kappa shape index (κ3) is 4.47. The molecule has 2 rings (SSSR count). The van der Waals surface area contributed by atoms with E-state index in [0.717, 1.165) is 26.8 Å². The van der Waals surface area contributed by atoms with Crippen LogP contribution < -0.4 is 5.32 Å². The first-order valence-corrected chi connectivity index (χ1v) is 7.86. The van der Waals surface area contributed by atoms with Crippen LogP contribution >= 0.6 is 27.7 Å². The summed E-state index contributed by atoms with van der Waals surface area (Å²) in [5, 5.41) is 4.12.